The smallest absolute Gasteiger partial charge is 0.167 e. The lowest BCUT2D eigenvalue weighted by atomic mass is 9.88. The number of nitrogens with one attached hydrogen (secondary N) is 1. The zero-order valence-corrected chi connectivity index (χ0v) is 13.7. The number of rotatable bonds is 5. The summed E-state index contributed by atoms with van der Waals surface area (Å²) < 4.78 is 5.22. The SMILES string of the molecule is COc1ccc(C(=O)C2CCCN(Cc3ccn[nH]3)C2)c(C)c1. The van der Waals surface area contributed by atoms with Crippen molar-refractivity contribution in [3.05, 3.63) is 47.3 Å². The highest BCUT2D eigenvalue weighted by Gasteiger charge is 2.27. The van der Waals surface area contributed by atoms with Crippen molar-refractivity contribution in [1.82, 2.24) is 15.1 Å². The molecule has 0 spiro atoms. The molecular weight excluding hydrogens is 290 g/mol. The Hall–Kier alpha value is -2.14. The van der Waals surface area contributed by atoms with Gasteiger partial charge in [-0.15, -0.1) is 0 Å². The molecule has 1 N–H and O–H groups in total. The summed E-state index contributed by atoms with van der Waals surface area (Å²) >= 11 is 0. The number of carbonyl (C=O) groups is 1. The van der Waals surface area contributed by atoms with Gasteiger partial charge in [-0.2, -0.15) is 5.10 Å². The number of methoxy groups -OCH3 is 1. The largest absolute Gasteiger partial charge is 0.497 e. The van der Waals surface area contributed by atoms with Crippen LogP contribution in [0.15, 0.2) is 30.5 Å². The summed E-state index contributed by atoms with van der Waals surface area (Å²) in [7, 11) is 1.64. The molecule has 3 rings (SSSR count). The normalized spacial score (nSPS) is 18.8. The number of aryl methyl sites for hydroxylation is 1. The molecule has 1 aromatic heterocycles. The molecule has 1 saturated heterocycles. The van der Waals surface area contributed by atoms with Crippen molar-refractivity contribution in [3.8, 4) is 5.75 Å². The van der Waals surface area contributed by atoms with E-state index in [4.69, 9.17) is 4.74 Å². The molecule has 0 saturated carbocycles. The number of hydrogen-bond acceptors (Lipinski definition) is 4. The van der Waals surface area contributed by atoms with E-state index in [1.807, 2.05) is 31.2 Å². The van der Waals surface area contributed by atoms with Gasteiger partial charge < -0.3 is 4.74 Å². The first-order chi connectivity index (χ1) is 11.2. The van der Waals surface area contributed by atoms with Crippen LogP contribution in [0, 0.1) is 12.8 Å². The third kappa shape index (κ3) is 3.62. The van der Waals surface area contributed by atoms with Gasteiger partial charge in [-0.3, -0.25) is 14.8 Å². The van der Waals surface area contributed by atoms with Crippen molar-refractivity contribution in [3.63, 3.8) is 0 Å². The topological polar surface area (TPSA) is 58.2 Å². The molecule has 2 heterocycles. The molecule has 1 aromatic carbocycles. The summed E-state index contributed by atoms with van der Waals surface area (Å²) in [6.07, 6.45) is 3.78. The monoisotopic (exact) mass is 313 g/mol. The first-order valence-corrected chi connectivity index (χ1v) is 8.07. The number of Topliss-reactive ketones (excluding diaryl/α,β-unsaturated/α-hetero) is 1. The maximum absolute atomic E-state index is 12.9. The first-order valence-electron chi connectivity index (χ1n) is 8.07. The van der Waals surface area contributed by atoms with Crippen LogP contribution < -0.4 is 4.74 Å². The Kier molecular flexibility index (Phi) is 4.76. The molecule has 2 aromatic rings. The summed E-state index contributed by atoms with van der Waals surface area (Å²) in [5, 5.41) is 6.98. The summed E-state index contributed by atoms with van der Waals surface area (Å²) in [5.74, 6) is 1.11. The molecule has 1 aliphatic heterocycles. The third-order valence-electron chi connectivity index (χ3n) is 4.53. The summed E-state index contributed by atoms with van der Waals surface area (Å²) in [6, 6.07) is 7.67. The molecule has 1 aliphatic rings. The zero-order chi connectivity index (χ0) is 16.2. The number of piperidine rings is 1. The highest BCUT2D eigenvalue weighted by molar-refractivity contribution is 5.99. The van der Waals surface area contributed by atoms with E-state index in [1.54, 1.807) is 13.3 Å². The number of nitrogens with zero attached hydrogens (tertiary/aromatic N) is 2. The van der Waals surface area contributed by atoms with E-state index < -0.39 is 0 Å². The maximum atomic E-state index is 12.9. The van der Waals surface area contributed by atoms with Gasteiger partial charge in [-0.1, -0.05) is 0 Å². The Balaban J connectivity index is 1.69. The minimum absolute atomic E-state index is 0.0683. The number of likely N-dealkylation sites (tertiary alicyclic amines) is 1. The summed E-state index contributed by atoms with van der Waals surface area (Å²) in [4.78, 5) is 15.2. The van der Waals surface area contributed by atoms with E-state index in [1.165, 1.54) is 0 Å². The Morgan fingerprint density at radius 2 is 2.30 bits per heavy atom. The molecule has 5 heteroatoms. The Labute approximate surface area is 136 Å². The maximum Gasteiger partial charge on any atom is 0.167 e. The van der Waals surface area contributed by atoms with Gasteiger partial charge in [0.25, 0.3) is 0 Å². The second-order valence-electron chi connectivity index (χ2n) is 6.20. The zero-order valence-electron chi connectivity index (χ0n) is 13.7. The van der Waals surface area contributed by atoms with E-state index >= 15 is 0 Å². The van der Waals surface area contributed by atoms with Gasteiger partial charge in [0, 0.05) is 36.5 Å². The van der Waals surface area contributed by atoms with E-state index in [0.29, 0.717) is 0 Å². The highest BCUT2D eigenvalue weighted by Crippen LogP contribution is 2.25. The highest BCUT2D eigenvalue weighted by atomic mass is 16.5. The van der Waals surface area contributed by atoms with Crippen molar-refractivity contribution < 1.29 is 9.53 Å². The van der Waals surface area contributed by atoms with Crippen molar-refractivity contribution in [2.75, 3.05) is 20.2 Å². The van der Waals surface area contributed by atoms with Gasteiger partial charge in [-0.25, -0.2) is 0 Å². The quantitative estimate of drug-likeness (QED) is 0.862. The van der Waals surface area contributed by atoms with Gasteiger partial charge in [0.1, 0.15) is 5.75 Å². The number of ketones is 1. The Morgan fingerprint density at radius 1 is 1.43 bits per heavy atom. The van der Waals surface area contributed by atoms with Crippen molar-refractivity contribution in [2.24, 2.45) is 5.92 Å². The predicted octanol–water partition coefficient (Wildman–Crippen LogP) is 2.82. The average Bonchev–Trinajstić information content (AvgIpc) is 3.07. The van der Waals surface area contributed by atoms with Crippen molar-refractivity contribution >= 4 is 5.78 Å². The molecule has 1 atom stereocenters. The fraction of sp³-hybridized carbons (Fsp3) is 0.444. The summed E-state index contributed by atoms with van der Waals surface area (Å²) in [5.41, 5.74) is 2.90. The Bertz CT molecular complexity index is 667. The average molecular weight is 313 g/mol. The van der Waals surface area contributed by atoms with Crippen LogP contribution in [-0.4, -0.2) is 41.1 Å². The third-order valence-corrected chi connectivity index (χ3v) is 4.53. The summed E-state index contributed by atoms with van der Waals surface area (Å²) in [6.45, 7) is 4.64. The number of carbonyl (C=O) groups excluding carboxylic acids is 1. The van der Waals surface area contributed by atoms with Crippen LogP contribution in [0.5, 0.6) is 5.75 Å². The molecule has 0 bridgehead atoms. The lowest BCUT2D eigenvalue weighted by Crippen LogP contribution is -2.38. The number of H-pyrrole nitrogens is 1. The van der Waals surface area contributed by atoms with Gasteiger partial charge in [0.15, 0.2) is 5.78 Å². The number of benzene rings is 1. The lowest BCUT2D eigenvalue weighted by molar-refractivity contribution is 0.0809. The second-order valence-corrected chi connectivity index (χ2v) is 6.20. The minimum Gasteiger partial charge on any atom is -0.497 e. The van der Waals surface area contributed by atoms with Gasteiger partial charge in [0.2, 0.25) is 0 Å². The van der Waals surface area contributed by atoms with Crippen LogP contribution in [-0.2, 0) is 6.54 Å². The minimum atomic E-state index is 0.0683. The molecule has 1 fully saturated rings. The predicted molar refractivity (Wildman–Crippen MR) is 88.7 cm³/mol. The molecule has 122 valence electrons. The molecule has 0 aliphatic carbocycles. The molecule has 0 radical (unpaired) electrons. The standard InChI is InChI=1S/C18H23N3O2/c1-13-10-16(23-2)5-6-17(13)18(22)14-4-3-9-21(11-14)12-15-7-8-19-20-15/h5-8,10,14H,3-4,9,11-12H2,1-2H3,(H,19,20). The van der Waals surface area contributed by atoms with Gasteiger partial charge in [0.05, 0.1) is 7.11 Å². The fourth-order valence-electron chi connectivity index (χ4n) is 3.29. The van der Waals surface area contributed by atoms with Crippen LogP contribution in [0.2, 0.25) is 0 Å². The molecule has 0 amide bonds. The van der Waals surface area contributed by atoms with Crippen LogP contribution in [0.25, 0.3) is 0 Å². The number of aromatic nitrogens is 2. The van der Waals surface area contributed by atoms with Crippen LogP contribution >= 0.6 is 0 Å². The van der Waals surface area contributed by atoms with Gasteiger partial charge >= 0.3 is 0 Å². The van der Waals surface area contributed by atoms with E-state index in [9.17, 15) is 4.79 Å². The van der Waals surface area contributed by atoms with E-state index in [0.717, 1.165) is 55.0 Å². The molecular formula is C18H23N3O2. The van der Waals surface area contributed by atoms with Crippen LogP contribution in [0.4, 0.5) is 0 Å². The molecule has 1 unspecified atom stereocenters. The Morgan fingerprint density at radius 3 is 3.00 bits per heavy atom. The van der Waals surface area contributed by atoms with Gasteiger partial charge in [-0.05, 0) is 56.1 Å². The second kappa shape index (κ2) is 6.96. The number of aromatic amines is 1. The number of hydrogen-bond donors (Lipinski definition) is 1. The van der Waals surface area contributed by atoms with Crippen LogP contribution in [0.1, 0.15) is 34.5 Å². The van der Waals surface area contributed by atoms with E-state index in [2.05, 4.69) is 15.1 Å². The van der Waals surface area contributed by atoms with Crippen molar-refractivity contribution in [2.45, 2.75) is 26.3 Å². The lowest BCUT2D eigenvalue weighted by Gasteiger charge is -2.31. The van der Waals surface area contributed by atoms with Crippen molar-refractivity contribution in [1.29, 1.82) is 0 Å². The number of ether oxygens (including phenoxy) is 1. The molecule has 5 nitrogen and oxygen atoms in total. The first kappa shape index (κ1) is 15.7. The van der Waals surface area contributed by atoms with Crippen LogP contribution in [0.3, 0.4) is 0 Å². The fourth-order valence-corrected chi connectivity index (χ4v) is 3.29. The van der Waals surface area contributed by atoms with E-state index in [-0.39, 0.29) is 11.7 Å². The molecule has 23 heavy (non-hydrogen) atoms.